The largest absolute Gasteiger partial charge is 0.339 e. The predicted octanol–water partition coefficient (Wildman–Crippen LogP) is 3.69. The van der Waals surface area contributed by atoms with Crippen LogP contribution in [0.15, 0.2) is 24.3 Å². The van der Waals surface area contributed by atoms with Crippen molar-refractivity contribution in [2.24, 2.45) is 5.92 Å². The molecule has 0 unspecified atom stereocenters. The summed E-state index contributed by atoms with van der Waals surface area (Å²) in [6.45, 7) is 5.62. The lowest BCUT2D eigenvalue weighted by Crippen LogP contribution is -2.36. The van der Waals surface area contributed by atoms with Gasteiger partial charge in [0, 0.05) is 19.0 Å². The summed E-state index contributed by atoms with van der Waals surface area (Å²) in [6, 6.07) is 7.32. The highest BCUT2D eigenvalue weighted by Gasteiger charge is 2.22. The Morgan fingerprint density at radius 1 is 1.18 bits per heavy atom. The van der Waals surface area contributed by atoms with Gasteiger partial charge in [0.15, 0.2) is 0 Å². The van der Waals surface area contributed by atoms with Crippen molar-refractivity contribution in [2.45, 2.75) is 46.0 Å². The molecule has 1 fully saturated rings. The highest BCUT2D eigenvalue weighted by Crippen LogP contribution is 2.21. The number of nitrogens with zero attached hydrogens (tertiary/aromatic N) is 1. The molecule has 1 saturated heterocycles. The Kier molecular flexibility index (Phi) is 5.99. The number of nitrogens with one attached hydrogen (secondary N) is 1. The Bertz CT molecular complexity index is 522. The van der Waals surface area contributed by atoms with Crippen molar-refractivity contribution >= 4 is 17.5 Å². The SMILES string of the molecule is CCC[C@H](C)C(=O)Nc1ccccc1C(=O)N1CCCCC1. The van der Waals surface area contributed by atoms with Crippen LogP contribution in [0.1, 0.15) is 56.3 Å². The smallest absolute Gasteiger partial charge is 0.255 e. The molecule has 0 radical (unpaired) electrons. The Labute approximate surface area is 132 Å². The zero-order valence-corrected chi connectivity index (χ0v) is 13.6. The first-order valence-corrected chi connectivity index (χ1v) is 8.32. The number of anilines is 1. The van der Waals surface area contributed by atoms with Crippen LogP contribution in [0.25, 0.3) is 0 Å². The lowest BCUT2D eigenvalue weighted by atomic mass is 10.0. The van der Waals surface area contributed by atoms with Crippen LogP contribution < -0.4 is 5.32 Å². The molecule has 0 aliphatic carbocycles. The minimum Gasteiger partial charge on any atom is -0.339 e. The monoisotopic (exact) mass is 302 g/mol. The van der Waals surface area contributed by atoms with Gasteiger partial charge in [-0.2, -0.15) is 0 Å². The van der Waals surface area contributed by atoms with Gasteiger partial charge in [0.25, 0.3) is 5.91 Å². The van der Waals surface area contributed by atoms with E-state index in [9.17, 15) is 9.59 Å². The van der Waals surface area contributed by atoms with Gasteiger partial charge < -0.3 is 10.2 Å². The summed E-state index contributed by atoms with van der Waals surface area (Å²) in [7, 11) is 0. The van der Waals surface area contributed by atoms with Crippen molar-refractivity contribution in [2.75, 3.05) is 18.4 Å². The van der Waals surface area contributed by atoms with E-state index in [0.717, 1.165) is 38.8 Å². The van der Waals surface area contributed by atoms with Crippen molar-refractivity contribution < 1.29 is 9.59 Å². The maximum absolute atomic E-state index is 12.7. The van der Waals surface area contributed by atoms with Gasteiger partial charge in [-0.05, 0) is 37.8 Å². The maximum atomic E-state index is 12.7. The summed E-state index contributed by atoms with van der Waals surface area (Å²) < 4.78 is 0. The van der Waals surface area contributed by atoms with E-state index in [1.807, 2.05) is 30.0 Å². The number of hydrogen-bond donors (Lipinski definition) is 1. The second kappa shape index (κ2) is 7.97. The minimum absolute atomic E-state index is 0.0132. The molecule has 1 N–H and O–H groups in total. The zero-order chi connectivity index (χ0) is 15.9. The van der Waals surface area contributed by atoms with E-state index in [1.54, 1.807) is 6.07 Å². The van der Waals surface area contributed by atoms with E-state index in [2.05, 4.69) is 12.2 Å². The number of rotatable bonds is 5. The van der Waals surface area contributed by atoms with Gasteiger partial charge in [-0.3, -0.25) is 9.59 Å². The highest BCUT2D eigenvalue weighted by molar-refractivity contribution is 6.04. The number of amides is 2. The van der Waals surface area contributed by atoms with E-state index in [-0.39, 0.29) is 17.7 Å². The summed E-state index contributed by atoms with van der Waals surface area (Å²) in [6.07, 6.45) is 5.15. The molecule has 2 amide bonds. The Balaban J connectivity index is 2.12. The first-order valence-electron chi connectivity index (χ1n) is 8.32. The molecule has 1 aliphatic heterocycles. The van der Waals surface area contributed by atoms with Gasteiger partial charge in [-0.15, -0.1) is 0 Å². The summed E-state index contributed by atoms with van der Waals surface area (Å²) in [5, 5.41) is 2.93. The molecule has 1 aromatic carbocycles. The minimum atomic E-state index is -0.0388. The summed E-state index contributed by atoms with van der Waals surface area (Å²) >= 11 is 0. The third kappa shape index (κ3) is 4.09. The summed E-state index contributed by atoms with van der Waals surface area (Å²) in [4.78, 5) is 26.8. The van der Waals surface area contributed by atoms with Crippen LogP contribution in [0.3, 0.4) is 0 Å². The normalized spacial score (nSPS) is 16.2. The molecule has 1 aromatic rings. The van der Waals surface area contributed by atoms with Crippen LogP contribution in [0, 0.1) is 5.92 Å². The number of benzene rings is 1. The van der Waals surface area contributed by atoms with Crippen LogP contribution >= 0.6 is 0 Å². The highest BCUT2D eigenvalue weighted by atomic mass is 16.2. The molecule has 4 nitrogen and oxygen atoms in total. The molecular formula is C18H26N2O2. The van der Waals surface area contributed by atoms with Gasteiger partial charge in [-0.25, -0.2) is 0 Å². The topological polar surface area (TPSA) is 49.4 Å². The number of para-hydroxylation sites is 1. The second-order valence-electron chi connectivity index (χ2n) is 6.08. The van der Waals surface area contributed by atoms with Gasteiger partial charge in [-0.1, -0.05) is 32.4 Å². The fraction of sp³-hybridized carbons (Fsp3) is 0.556. The number of piperidine rings is 1. The third-order valence-corrected chi connectivity index (χ3v) is 4.23. The molecule has 1 heterocycles. The van der Waals surface area contributed by atoms with Crippen molar-refractivity contribution in [1.29, 1.82) is 0 Å². The lowest BCUT2D eigenvalue weighted by Gasteiger charge is -2.27. The molecule has 0 saturated carbocycles. The van der Waals surface area contributed by atoms with E-state index < -0.39 is 0 Å². The maximum Gasteiger partial charge on any atom is 0.255 e. The van der Waals surface area contributed by atoms with Crippen LogP contribution in [0.5, 0.6) is 0 Å². The van der Waals surface area contributed by atoms with Crippen molar-refractivity contribution in [3.8, 4) is 0 Å². The van der Waals surface area contributed by atoms with Crippen LogP contribution in [0.4, 0.5) is 5.69 Å². The van der Waals surface area contributed by atoms with Crippen LogP contribution in [0.2, 0.25) is 0 Å². The molecular weight excluding hydrogens is 276 g/mol. The quantitative estimate of drug-likeness (QED) is 0.902. The average molecular weight is 302 g/mol. The zero-order valence-electron chi connectivity index (χ0n) is 13.6. The number of carbonyl (C=O) groups is 2. The van der Waals surface area contributed by atoms with Gasteiger partial charge in [0.2, 0.25) is 5.91 Å². The molecule has 2 rings (SSSR count). The van der Waals surface area contributed by atoms with Crippen molar-refractivity contribution in [3.63, 3.8) is 0 Å². The van der Waals surface area contributed by atoms with E-state index in [0.29, 0.717) is 11.3 Å². The third-order valence-electron chi connectivity index (χ3n) is 4.23. The van der Waals surface area contributed by atoms with E-state index in [4.69, 9.17) is 0 Å². The van der Waals surface area contributed by atoms with Crippen LogP contribution in [-0.2, 0) is 4.79 Å². The average Bonchev–Trinajstić information content (AvgIpc) is 2.55. The van der Waals surface area contributed by atoms with E-state index in [1.165, 1.54) is 6.42 Å². The first-order chi connectivity index (χ1) is 10.6. The predicted molar refractivity (Wildman–Crippen MR) is 88.9 cm³/mol. The van der Waals surface area contributed by atoms with Crippen molar-refractivity contribution in [3.05, 3.63) is 29.8 Å². The number of hydrogen-bond acceptors (Lipinski definition) is 2. The Morgan fingerprint density at radius 3 is 2.55 bits per heavy atom. The molecule has 1 atom stereocenters. The summed E-state index contributed by atoms with van der Waals surface area (Å²) in [5.41, 5.74) is 1.23. The van der Waals surface area contributed by atoms with Crippen molar-refractivity contribution in [1.82, 2.24) is 4.90 Å². The van der Waals surface area contributed by atoms with Gasteiger partial charge in [0.05, 0.1) is 11.3 Å². The Morgan fingerprint density at radius 2 is 1.86 bits per heavy atom. The summed E-state index contributed by atoms with van der Waals surface area (Å²) in [5.74, 6) is -0.0253. The van der Waals surface area contributed by atoms with Gasteiger partial charge >= 0.3 is 0 Å². The standard InChI is InChI=1S/C18H26N2O2/c1-3-9-14(2)17(21)19-16-11-6-5-10-15(16)18(22)20-12-7-4-8-13-20/h5-6,10-11,14H,3-4,7-9,12-13H2,1-2H3,(H,19,21)/t14-/m0/s1. The molecule has 0 spiro atoms. The number of carbonyl (C=O) groups excluding carboxylic acids is 2. The number of likely N-dealkylation sites (tertiary alicyclic amines) is 1. The Hall–Kier alpha value is -1.84. The molecule has 0 bridgehead atoms. The molecule has 4 heteroatoms. The molecule has 22 heavy (non-hydrogen) atoms. The van der Waals surface area contributed by atoms with E-state index >= 15 is 0 Å². The molecule has 1 aliphatic rings. The fourth-order valence-corrected chi connectivity index (χ4v) is 2.87. The second-order valence-corrected chi connectivity index (χ2v) is 6.08. The molecule has 0 aromatic heterocycles. The lowest BCUT2D eigenvalue weighted by molar-refractivity contribution is -0.119. The molecule has 120 valence electrons. The first kappa shape index (κ1) is 16.5. The van der Waals surface area contributed by atoms with Gasteiger partial charge in [0.1, 0.15) is 0 Å². The van der Waals surface area contributed by atoms with Crippen LogP contribution in [-0.4, -0.2) is 29.8 Å². The fourth-order valence-electron chi connectivity index (χ4n) is 2.87.